The number of nitrogens with one attached hydrogen (secondary N) is 1. The molecule has 30 heavy (non-hydrogen) atoms. The lowest BCUT2D eigenvalue weighted by molar-refractivity contribution is -0.127. The van der Waals surface area contributed by atoms with Gasteiger partial charge in [-0.15, -0.1) is 0 Å². The summed E-state index contributed by atoms with van der Waals surface area (Å²) in [5, 5.41) is 11.6. The Morgan fingerprint density at radius 3 is 2.40 bits per heavy atom. The highest BCUT2D eigenvalue weighted by molar-refractivity contribution is 6.07. The Kier molecular flexibility index (Phi) is 6.15. The number of carbonyl (C=O) groups is 4. The van der Waals surface area contributed by atoms with Gasteiger partial charge < -0.3 is 15.2 Å². The van der Waals surface area contributed by atoms with Crippen molar-refractivity contribution in [3.05, 3.63) is 53.6 Å². The van der Waals surface area contributed by atoms with Gasteiger partial charge in [0.15, 0.2) is 11.9 Å². The number of anilines is 2. The summed E-state index contributed by atoms with van der Waals surface area (Å²) in [5.74, 6) is -1.54. The number of carboxylic acid groups (broad SMARTS) is 1. The Morgan fingerprint density at radius 2 is 1.77 bits per heavy atom. The zero-order valence-corrected chi connectivity index (χ0v) is 16.7. The van der Waals surface area contributed by atoms with Gasteiger partial charge in [-0.25, -0.2) is 4.79 Å². The molecule has 0 fully saturated rings. The monoisotopic (exact) mass is 410 g/mol. The third-order valence-electron chi connectivity index (χ3n) is 4.68. The number of ether oxygens (including phenoxy) is 1. The summed E-state index contributed by atoms with van der Waals surface area (Å²) in [7, 11) is 0. The number of nitrogens with zero attached hydrogens (tertiary/aromatic N) is 1. The minimum absolute atomic E-state index is 0.0470. The lowest BCUT2D eigenvalue weighted by atomic mass is 10.0. The van der Waals surface area contributed by atoms with Crippen molar-refractivity contribution in [3.8, 4) is 5.75 Å². The fourth-order valence-corrected chi connectivity index (χ4v) is 3.16. The number of Topliss-reactive ketones (excluding diaryl/α,β-unsaturated/α-hetero) is 1. The van der Waals surface area contributed by atoms with E-state index < -0.39 is 18.0 Å². The van der Waals surface area contributed by atoms with E-state index in [2.05, 4.69) is 5.32 Å². The van der Waals surface area contributed by atoms with Crippen molar-refractivity contribution in [1.29, 1.82) is 0 Å². The average Bonchev–Trinajstić information content (AvgIpc) is 2.71. The van der Waals surface area contributed by atoms with Crippen LogP contribution in [0, 0.1) is 0 Å². The largest absolute Gasteiger partial charge is 0.479 e. The van der Waals surface area contributed by atoms with Crippen molar-refractivity contribution < 1.29 is 29.0 Å². The van der Waals surface area contributed by atoms with Crippen molar-refractivity contribution in [2.45, 2.75) is 32.8 Å². The highest BCUT2D eigenvalue weighted by atomic mass is 16.5. The first-order valence-corrected chi connectivity index (χ1v) is 9.58. The van der Waals surface area contributed by atoms with E-state index in [1.807, 2.05) is 6.92 Å². The van der Waals surface area contributed by atoms with Gasteiger partial charge in [-0.3, -0.25) is 19.3 Å². The molecule has 0 spiro atoms. The SMILES string of the molecule is CCCC(=O)c1ccc2c(c1)N(CC(=O)Nc1ccc(C(=O)O)cc1)C(=O)C(C)O2. The Bertz CT molecular complexity index is 999. The van der Waals surface area contributed by atoms with Gasteiger partial charge in [-0.2, -0.15) is 0 Å². The van der Waals surface area contributed by atoms with Crippen LogP contribution in [0.2, 0.25) is 0 Å². The number of benzene rings is 2. The predicted octanol–water partition coefficient (Wildman–Crippen LogP) is 3.12. The number of fused-ring (bicyclic) bond motifs is 1. The number of hydrogen-bond donors (Lipinski definition) is 2. The smallest absolute Gasteiger partial charge is 0.335 e. The Morgan fingerprint density at radius 1 is 1.10 bits per heavy atom. The molecule has 8 nitrogen and oxygen atoms in total. The molecular formula is C22H22N2O6. The minimum atomic E-state index is -1.06. The first kappa shape index (κ1) is 21.0. The van der Waals surface area contributed by atoms with Crippen molar-refractivity contribution >= 4 is 34.9 Å². The first-order valence-electron chi connectivity index (χ1n) is 9.58. The number of carbonyl (C=O) groups excluding carboxylic acids is 3. The number of amides is 2. The molecule has 1 atom stereocenters. The third-order valence-corrected chi connectivity index (χ3v) is 4.68. The summed E-state index contributed by atoms with van der Waals surface area (Å²) < 4.78 is 5.61. The molecule has 0 saturated carbocycles. The van der Waals surface area contributed by atoms with Crippen molar-refractivity contribution in [3.63, 3.8) is 0 Å². The average molecular weight is 410 g/mol. The fourth-order valence-electron chi connectivity index (χ4n) is 3.16. The van der Waals surface area contributed by atoms with Crippen LogP contribution >= 0.6 is 0 Å². The lowest BCUT2D eigenvalue weighted by Crippen LogP contribution is -2.47. The van der Waals surface area contributed by atoms with Crippen LogP contribution in [0.1, 0.15) is 47.4 Å². The molecule has 2 amide bonds. The molecule has 1 aliphatic heterocycles. The van der Waals surface area contributed by atoms with E-state index in [9.17, 15) is 19.2 Å². The highest BCUT2D eigenvalue weighted by Gasteiger charge is 2.33. The molecular weight excluding hydrogens is 388 g/mol. The van der Waals surface area contributed by atoms with E-state index in [1.165, 1.54) is 29.2 Å². The molecule has 0 radical (unpaired) electrons. The van der Waals surface area contributed by atoms with Crippen molar-refractivity contribution in [2.75, 3.05) is 16.8 Å². The second-order valence-corrected chi connectivity index (χ2v) is 6.97. The van der Waals surface area contributed by atoms with Crippen molar-refractivity contribution in [1.82, 2.24) is 0 Å². The van der Waals surface area contributed by atoms with Gasteiger partial charge in [0.2, 0.25) is 5.91 Å². The maximum absolute atomic E-state index is 12.7. The number of carboxylic acids is 1. The lowest BCUT2D eigenvalue weighted by Gasteiger charge is -2.32. The Hall–Kier alpha value is -3.68. The van der Waals surface area contributed by atoms with Crippen LogP contribution in [0.25, 0.3) is 0 Å². The fraction of sp³-hybridized carbons (Fsp3) is 0.273. The number of rotatable bonds is 7. The van der Waals surface area contributed by atoms with Crippen LogP contribution < -0.4 is 15.0 Å². The maximum atomic E-state index is 12.7. The highest BCUT2D eigenvalue weighted by Crippen LogP contribution is 2.35. The second-order valence-electron chi connectivity index (χ2n) is 6.97. The van der Waals surface area contributed by atoms with E-state index in [0.717, 1.165) is 0 Å². The molecule has 1 aliphatic rings. The van der Waals surface area contributed by atoms with E-state index in [4.69, 9.17) is 9.84 Å². The maximum Gasteiger partial charge on any atom is 0.335 e. The number of aromatic carboxylic acids is 1. The van der Waals surface area contributed by atoms with E-state index in [1.54, 1.807) is 25.1 Å². The van der Waals surface area contributed by atoms with Gasteiger partial charge in [0.1, 0.15) is 12.3 Å². The summed E-state index contributed by atoms with van der Waals surface area (Å²) in [4.78, 5) is 49.7. The predicted molar refractivity (Wildman–Crippen MR) is 110 cm³/mol. The topological polar surface area (TPSA) is 113 Å². The van der Waals surface area contributed by atoms with Crippen LogP contribution in [0.15, 0.2) is 42.5 Å². The number of ketones is 1. The molecule has 3 rings (SSSR count). The van der Waals surface area contributed by atoms with Crippen LogP contribution in [-0.2, 0) is 9.59 Å². The molecule has 0 aromatic heterocycles. The molecule has 1 unspecified atom stereocenters. The summed E-state index contributed by atoms with van der Waals surface area (Å²) in [6.45, 7) is 3.23. The van der Waals surface area contributed by atoms with E-state index in [0.29, 0.717) is 35.5 Å². The zero-order chi connectivity index (χ0) is 21.8. The summed E-state index contributed by atoms with van der Waals surface area (Å²) in [6, 6.07) is 10.6. The van der Waals surface area contributed by atoms with Crippen LogP contribution in [-0.4, -0.2) is 41.3 Å². The van der Waals surface area contributed by atoms with Crippen LogP contribution in [0.4, 0.5) is 11.4 Å². The molecule has 2 N–H and O–H groups in total. The van der Waals surface area contributed by atoms with E-state index in [-0.39, 0.29) is 23.8 Å². The Labute approximate surface area is 173 Å². The zero-order valence-electron chi connectivity index (χ0n) is 16.7. The van der Waals surface area contributed by atoms with Crippen molar-refractivity contribution in [2.24, 2.45) is 0 Å². The van der Waals surface area contributed by atoms with Crippen LogP contribution in [0.3, 0.4) is 0 Å². The van der Waals surface area contributed by atoms with Crippen LogP contribution in [0.5, 0.6) is 5.75 Å². The molecule has 8 heteroatoms. The van der Waals surface area contributed by atoms with Gasteiger partial charge in [-0.1, -0.05) is 6.92 Å². The van der Waals surface area contributed by atoms with Gasteiger partial charge in [0, 0.05) is 17.7 Å². The minimum Gasteiger partial charge on any atom is -0.479 e. The summed E-state index contributed by atoms with van der Waals surface area (Å²) in [5.41, 5.74) is 1.34. The summed E-state index contributed by atoms with van der Waals surface area (Å²) >= 11 is 0. The molecule has 0 bridgehead atoms. The van der Waals surface area contributed by atoms with Gasteiger partial charge in [-0.05, 0) is 55.8 Å². The standard InChI is InChI=1S/C22H22N2O6/c1-3-4-18(25)15-7-10-19-17(11-15)24(21(27)13(2)30-19)12-20(26)23-16-8-5-14(6-9-16)22(28)29/h5-11,13H,3-4,12H2,1-2H3,(H,23,26)(H,28,29). The third kappa shape index (κ3) is 4.48. The first-order chi connectivity index (χ1) is 14.3. The molecule has 0 aliphatic carbocycles. The quantitative estimate of drug-likeness (QED) is 0.678. The Balaban J connectivity index is 1.81. The normalized spacial score (nSPS) is 15.2. The summed E-state index contributed by atoms with van der Waals surface area (Å²) in [6.07, 6.45) is 0.323. The van der Waals surface area contributed by atoms with E-state index >= 15 is 0 Å². The van der Waals surface area contributed by atoms with Gasteiger partial charge >= 0.3 is 5.97 Å². The molecule has 0 saturated heterocycles. The van der Waals surface area contributed by atoms with Gasteiger partial charge in [0.25, 0.3) is 5.91 Å². The molecule has 2 aromatic carbocycles. The molecule has 2 aromatic rings. The second kappa shape index (κ2) is 8.77. The number of hydrogen-bond acceptors (Lipinski definition) is 5. The van der Waals surface area contributed by atoms with Gasteiger partial charge in [0.05, 0.1) is 11.3 Å². The molecule has 1 heterocycles. The molecule has 156 valence electrons.